The minimum absolute atomic E-state index is 0.177. The van der Waals surface area contributed by atoms with Gasteiger partial charge in [-0.3, -0.25) is 4.79 Å². The summed E-state index contributed by atoms with van der Waals surface area (Å²) in [7, 11) is 0. The lowest BCUT2D eigenvalue weighted by Gasteiger charge is -2.05. The van der Waals surface area contributed by atoms with Crippen molar-refractivity contribution in [2.75, 3.05) is 5.75 Å². The molecule has 0 unspecified atom stereocenters. The maximum atomic E-state index is 11.1. The van der Waals surface area contributed by atoms with E-state index in [1.807, 2.05) is 0 Å². The van der Waals surface area contributed by atoms with Gasteiger partial charge in [-0.2, -0.15) is 4.57 Å². The van der Waals surface area contributed by atoms with Gasteiger partial charge < -0.3 is 0 Å². The van der Waals surface area contributed by atoms with Crippen LogP contribution in [0, 0.1) is 0 Å². The van der Waals surface area contributed by atoms with Crippen LogP contribution in [0.25, 0.3) is 21.7 Å². The Morgan fingerprint density at radius 1 is 1.05 bits per heavy atom. The summed E-state index contributed by atoms with van der Waals surface area (Å²) < 4.78 is 2.24. The predicted molar refractivity (Wildman–Crippen MR) is 84.8 cm³/mol. The van der Waals surface area contributed by atoms with E-state index in [2.05, 4.69) is 59.3 Å². The first kappa shape index (κ1) is 13.1. The number of thioether (sulfide) groups is 1. The van der Waals surface area contributed by atoms with Crippen LogP contribution in [0.3, 0.4) is 0 Å². The second-order valence-corrected chi connectivity index (χ2v) is 6.04. The number of carbonyl (C=O) groups excluding carboxylic acids is 1. The lowest BCUT2D eigenvalue weighted by molar-refractivity contribution is -0.665. The Hall–Kier alpha value is -1.87. The van der Waals surface area contributed by atoms with Crippen LogP contribution in [0.15, 0.2) is 54.7 Å². The molecule has 0 spiro atoms. The van der Waals surface area contributed by atoms with Crippen molar-refractivity contribution < 1.29 is 9.36 Å². The number of aromatic nitrogens is 1. The fraction of sp³-hybridized carbons (Fsp3) is 0.176. The molecule has 2 aromatic carbocycles. The molecule has 0 saturated carbocycles. The van der Waals surface area contributed by atoms with Crippen LogP contribution >= 0.6 is 11.8 Å². The van der Waals surface area contributed by atoms with Gasteiger partial charge in [0.25, 0.3) is 0 Å². The summed E-state index contributed by atoms with van der Waals surface area (Å²) in [6.45, 7) is 2.46. The molecule has 0 saturated heterocycles. The number of fused-ring (bicyclic) bond motifs is 3. The average molecular weight is 282 g/mol. The van der Waals surface area contributed by atoms with Crippen molar-refractivity contribution in [1.82, 2.24) is 0 Å². The van der Waals surface area contributed by atoms with Crippen LogP contribution in [0.1, 0.15) is 6.92 Å². The zero-order chi connectivity index (χ0) is 13.9. The van der Waals surface area contributed by atoms with E-state index in [0.717, 1.165) is 12.3 Å². The third-order valence-corrected chi connectivity index (χ3v) is 4.19. The van der Waals surface area contributed by atoms with E-state index in [-0.39, 0.29) is 5.12 Å². The van der Waals surface area contributed by atoms with Gasteiger partial charge in [0.15, 0.2) is 17.9 Å². The summed E-state index contributed by atoms with van der Waals surface area (Å²) in [5.74, 6) is 0.808. The monoisotopic (exact) mass is 282 g/mol. The molecule has 3 heteroatoms. The van der Waals surface area contributed by atoms with Crippen molar-refractivity contribution in [3.8, 4) is 0 Å². The molecule has 0 amide bonds. The Balaban J connectivity index is 2.11. The van der Waals surface area contributed by atoms with E-state index in [4.69, 9.17) is 0 Å². The SMILES string of the molecule is CC(=O)SCC[n+]1cc2ccccc2c2ccccc21. The van der Waals surface area contributed by atoms with Gasteiger partial charge in [-0.15, -0.1) is 0 Å². The molecule has 1 heterocycles. The van der Waals surface area contributed by atoms with Crippen molar-refractivity contribution in [3.05, 3.63) is 54.7 Å². The lowest BCUT2D eigenvalue weighted by Crippen LogP contribution is -2.35. The minimum Gasteiger partial charge on any atom is -0.288 e. The molecule has 2 nitrogen and oxygen atoms in total. The molecule has 0 aliphatic rings. The third kappa shape index (κ3) is 2.54. The normalized spacial score (nSPS) is 11.1. The number of carbonyl (C=O) groups is 1. The highest BCUT2D eigenvalue weighted by molar-refractivity contribution is 8.13. The van der Waals surface area contributed by atoms with E-state index in [1.165, 1.54) is 33.4 Å². The first-order valence-electron chi connectivity index (χ1n) is 6.69. The largest absolute Gasteiger partial charge is 0.288 e. The van der Waals surface area contributed by atoms with Gasteiger partial charge in [0, 0.05) is 23.8 Å². The molecule has 0 N–H and O–H groups in total. The summed E-state index contributed by atoms with van der Waals surface area (Å²) in [4.78, 5) is 11.1. The molecule has 1 aromatic heterocycles. The molecule has 20 heavy (non-hydrogen) atoms. The average Bonchev–Trinajstić information content (AvgIpc) is 2.47. The molecule has 0 aliphatic carbocycles. The fourth-order valence-electron chi connectivity index (χ4n) is 2.52. The molecule has 3 aromatic rings. The van der Waals surface area contributed by atoms with Crippen molar-refractivity contribution in [3.63, 3.8) is 0 Å². The molecule has 0 fully saturated rings. The van der Waals surface area contributed by atoms with Crippen molar-refractivity contribution in [1.29, 1.82) is 0 Å². The number of rotatable bonds is 3. The second-order valence-electron chi connectivity index (χ2n) is 4.77. The Bertz CT molecular complexity index is 782. The Kier molecular flexibility index (Phi) is 3.70. The zero-order valence-corrected chi connectivity index (χ0v) is 12.2. The van der Waals surface area contributed by atoms with E-state index >= 15 is 0 Å². The molecule has 100 valence electrons. The van der Waals surface area contributed by atoms with Crippen molar-refractivity contribution >= 4 is 38.6 Å². The number of aryl methyl sites for hydroxylation is 1. The highest BCUT2D eigenvalue weighted by Crippen LogP contribution is 2.22. The molecule has 0 aliphatic heterocycles. The van der Waals surface area contributed by atoms with Gasteiger partial charge in [0.1, 0.15) is 0 Å². The van der Waals surface area contributed by atoms with Gasteiger partial charge >= 0.3 is 0 Å². The summed E-state index contributed by atoms with van der Waals surface area (Å²) >= 11 is 1.38. The number of hydrogen-bond acceptors (Lipinski definition) is 2. The van der Waals surface area contributed by atoms with Gasteiger partial charge in [-0.25, -0.2) is 0 Å². The van der Waals surface area contributed by atoms with Crippen LogP contribution in [0.5, 0.6) is 0 Å². The molecule has 0 atom stereocenters. The molecule has 3 rings (SSSR count). The number of hydrogen-bond donors (Lipinski definition) is 0. The summed E-state index contributed by atoms with van der Waals surface area (Å²) in [6.07, 6.45) is 2.18. The van der Waals surface area contributed by atoms with Gasteiger partial charge in [0.05, 0.1) is 11.1 Å². The lowest BCUT2D eigenvalue weighted by atomic mass is 10.1. The maximum Gasteiger partial charge on any atom is 0.213 e. The van der Waals surface area contributed by atoms with Crippen molar-refractivity contribution in [2.24, 2.45) is 0 Å². The molecule has 0 bridgehead atoms. The standard InChI is InChI=1S/C17H16NOS/c1-13(19)20-11-10-18-12-14-6-2-3-7-15(14)16-8-4-5-9-17(16)18/h2-9,12H,10-11H2,1H3/q+1. The number of benzene rings is 2. The second kappa shape index (κ2) is 5.63. The van der Waals surface area contributed by atoms with Crippen LogP contribution in [0.4, 0.5) is 0 Å². The predicted octanol–water partition coefficient (Wildman–Crippen LogP) is 3.56. The molecular weight excluding hydrogens is 266 g/mol. The quantitative estimate of drug-likeness (QED) is 0.541. The fourth-order valence-corrected chi connectivity index (χ4v) is 3.09. The van der Waals surface area contributed by atoms with Crippen LogP contribution in [-0.2, 0) is 11.3 Å². The van der Waals surface area contributed by atoms with E-state index < -0.39 is 0 Å². The maximum absolute atomic E-state index is 11.1. The number of para-hydroxylation sites is 1. The third-order valence-electron chi connectivity index (χ3n) is 3.40. The smallest absolute Gasteiger partial charge is 0.213 e. The Labute approximate surface area is 122 Å². The van der Waals surface area contributed by atoms with Crippen molar-refractivity contribution in [2.45, 2.75) is 13.5 Å². The summed E-state index contributed by atoms with van der Waals surface area (Å²) in [6, 6.07) is 16.9. The van der Waals surface area contributed by atoms with E-state index in [9.17, 15) is 4.79 Å². The van der Waals surface area contributed by atoms with Gasteiger partial charge in [0.2, 0.25) is 5.52 Å². The van der Waals surface area contributed by atoms with Crippen LogP contribution < -0.4 is 4.57 Å². The number of pyridine rings is 1. The van der Waals surface area contributed by atoms with E-state index in [1.54, 1.807) is 6.92 Å². The van der Waals surface area contributed by atoms with E-state index in [0.29, 0.717) is 0 Å². The number of nitrogens with zero attached hydrogens (tertiary/aromatic N) is 1. The highest BCUT2D eigenvalue weighted by Gasteiger charge is 2.12. The van der Waals surface area contributed by atoms with Crippen LogP contribution in [0.2, 0.25) is 0 Å². The molecule has 0 radical (unpaired) electrons. The highest BCUT2D eigenvalue weighted by atomic mass is 32.2. The first-order chi connectivity index (χ1) is 9.75. The minimum atomic E-state index is 0.177. The van der Waals surface area contributed by atoms with Gasteiger partial charge in [-0.05, 0) is 12.1 Å². The first-order valence-corrected chi connectivity index (χ1v) is 7.67. The summed E-state index contributed by atoms with van der Waals surface area (Å²) in [5.41, 5.74) is 1.22. The van der Waals surface area contributed by atoms with Crippen LogP contribution in [-0.4, -0.2) is 10.9 Å². The Morgan fingerprint density at radius 3 is 2.55 bits per heavy atom. The van der Waals surface area contributed by atoms with Gasteiger partial charge in [-0.1, -0.05) is 42.1 Å². The molecular formula is C17H16NOS+. The zero-order valence-electron chi connectivity index (χ0n) is 11.4. The summed E-state index contributed by atoms with van der Waals surface area (Å²) in [5, 5.41) is 3.95. The Morgan fingerprint density at radius 2 is 1.75 bits per heavy atom. The topological polar surface area (TPSA) is 20.9 Å².